The van der Waals surface area contributed by atoms with Gasteiger partial charge in [0.05, 0.1) is 6.61 Å². The van der Waals surface area contributed by atoms with Gasteiger partial charge in [-0.05, 0) is 19.1 Å². The molecule has 1 atom stereocenters. The van der Waals surface area contributed by atoms with E-state index in [2.05, 4.69) is 5.32 Å². The second-order valence-electron chi connectivity index (χ2n) is 3.20. The Balaban J connectivity index is 0.00000106. The lowest BCUT2D eigenvalue weighted by molar-refractivity contribution is 0.248. The number of rotatable bonds is 6. The van der Waals surface area contributed by atoms with Crippen molar-refractivity contribution >= 4 is 0 Å². The fraction of sp³-hybridized carbons (Fsp3) is 0.538. The number of aliphatic hydroxyl groups is 1. The van der Waals surface area contributed by atoms with Crippen molar-refractivity contribution in [2.45, 2.75) is 26.8 Å². The predicted molar refractivity (Wildman–Crippen MR) is 67.8 cm³/mol. The van der Waals surface area contributed by atoms with E-state index < -0.39 is 0 Å². The van der Waals surface area contributed by atoms with E-state index in [1.165, 1.54) is 0 Å². The van der Waals surface area contributed by atoms with E-state index in [4.69, 9.17) is 9.84 Å². The van der Waals surface area contributed by atoms with E-state index in [-0.39, 0.29) is 12.6 Å². The molecule has 0 bridgehead atoms. The first kappa shape index (κ1) is 14.9. The molecule has 0 saturated carbocycles. The molecule has 0 aliphatic heterocycles. The summed E-state index contributed by atoms with van der Waals surface area (Å²) in [5.41, 5.74) is 0. The maximum Gasteiger partial charge on any atom is 0.119 e. The Bertz CT molecular complexity index is 239. The Hall–Kier alpha value is -1.06. The summed E-state index contributed by atoms with van der Waals surface area (Å²) in [6.45, 7) is 7.41. The molecule has 92 valence electrons. The minimum absolute atomic E-state index is 0.162. The van der Waals surface area contributed by atoms with Gasteiger partial charge in [-0.1, -0.05) is 32.0 Å². The van der Waals surface area contributed by atoms with Crippen molar-refractivity contribution in [2.24, 2.45) is 0 Å². The first-order valence-electron chi connectivity index (χ1n) is 5.85. The van der Waals surface area contributed by atoms with Gasteiger partial charge in [0.1, 0.15) is 12.4 Å². The molecule has 16 heavy (non-hydrogen) atoms. The van der Waals surface area contributed by atoms with E-state index >= 15 is 0 Å². The van der Waals surface area contributed by atoms with Crippen LogP contribution in [0.1, 0.15) is 20.8 Å². The van der Waals surface area contributed by atoms with E-state index in [1.54, 1.807) is 0 Å². The highest BCUT2D eigenvalue weighted by Gasteiger charge is 2.00. The minimum atomic E-state index is 0.162. The zero-order chi connectivity index (χ0) is 12.2. The molecular formula is C13H23NO2. The highest BCUT2D eigenvalue weighted by molar-refractivity contribution is 5.20. The van der Waals surface area contributed by atoms with Crippen molar-refractivity contribution in [3.63, 3.8) is 0 Å². The van der Waals surface area contributed by atoms with Crippen LogP contribution in [-0.2, 0) is 0 Å². The quantitative estimate of drug-likeness (QED) is 0.778. The normalized spacial score (nSPS) is 11.2. The van der Waals surface area contributed by atoms with Crippen molar-refractivity contribution in [3.05, 3.63) is 30.3 Å². The molecular weight excluding hydrogens is 202 g/mol. The van der Waals surface area contributed by atoms with Gasteiger partial charge in [-0.15, -0.1) is 0 Å². The van der Waals surface area contributed by atoms with Crippen LogP contribution in [0.4, 0.5) is 0 Å². The fourth-order valence-electron chi connectivity index (χ4n) is 1.11. The number of benzene rings is 1. The molecule has 0 aromatic heterocycles. The molecule has 0 fully saturated rings. The topological polar surface area (TPSA) is 41.5 Å². The molecule has 1 aromatic rings. The van der Waals surface area contributed by atoms with Gasteiger partial charge < -0.3 is 15.2 Å². The van der Waals surface area contributed by atoms with Crippen LogP contribution < -0.4 is 10.1 Å². The lowest BCUT2D eigenvalue weighted by Crippen LogP contribution is -2.33. The van der Waals surface area contributed by atoms with Gasteiger partial charge in [-0.25, -0.2) is 0 Å². The third kappa shape index (κ3) is 7.26. The molecule has 1 aromatic carbocycles. The Morgan fingerprint density at radius 3 is 2.44 bits per heavy atom. The van der Waals surface area contributed by atoms with Crippen LogP contribution >= 0.6 is 0 Å². The first-order chi connectivity index (χ1) is 7.83. The highest BCUT2D eigenvalue weighted by Crippen LogP contribution is 2.08. The summed E-state index contributed by atoms with van der Waals surface area (Å²) in [6.07, 6.45) is 0. The van der Waals surface area contributed by atoms with E-state index in [9.17, 15) is 0 Å². The van der Waals surface area contributed by atoms with Crippen LogP contribution in [0.25, 0.3) is 0 Å². The van der Waals surface area contributed by atoms with Gasteiger partial charge in [0, 0.05) is 12.6 Å². The molecule has 0 radical (unpaired) electrons. The maximum absolute atomic E-state index is 8.60. The molecule has 3 heteroatoms. The standard InChI is InChI=1S/C11H17NO2.C2H6/c1-10(12-7-8-13)9-14-11-5-3-2-4-6-11;1-2/h2-6,10,12-13H,7-9H2,1H3;1-2H3. The number of hydrogen-bond acceptors (Lipinski definition) is 3. The predicted octanol–water partition coefficient (Wildman–Crippen LogP) is 2.06. The van der Waals surface area contributed by atoms with Gasteiger partial charge in [0.15, 0.2) is 0 Å². The lowest BCUT2D eigenvalue weighted by Gasteiger charge is -2.13. The van der Waals surface area contributed by atoms with Crippen molar-refractivity contribution in [2.75, 3.05) is 19.8 Å². The van der Waals surface area contributed by atoms with E-state index in [1.807, 2.05) is 51.1 Å². The summed E-state index contributed by atoms with van der Waals surface area (Å²) >= 11 is 0. The molecule has 0 amide bonds. The number of aliphatic hydroxyl groups excluding tert-OH is 1. The summed E-state index contributed by atoms with van der Waals surface area (Å²) in [4.78, 5) is 0. The van der Waals surface area contributed by atoms with E-state index in [0.717, 1.165) is 5.75 Å². The number of ether oxygens (including phenoxy) is 1. The Morgan fingerprint density at radius 2 is 1.88 bits per heavy atom. The van der Waals surface area contributed by atoms with Gasteiger partial charge in [0.25, 0.3) is 0 Å². The summed E-state index contributed by atoms with van der Waals surface area (Å²) in [5, 5.41) is 11.7. The third-order valence-corrected chi connectivity index (χ3v) is 1.85. The van der Waals surface area contributed by atoms with Crippen molar-refractivity contribution in [3.8, 4) is 5.75 Å². The van der Waals surface area contributed by atoms with Crippen LogP contribution in [-0.4, -0.2) is 30.9 Å². The van der Waals surface area contributed by atoms with Crippen molar-refractivity contribution < 1.29 is 9.84 Å². The van der Waals surface area contributed by atoms with Gasteiger partial charge in [-0.3, -0.25) is 0 Å². The average molecular weight is 225 g/mol. The molecule has 1 unspecified atom stereocenters. The Morgan fingerprint density at radius 1 is 1.25 bits per heavy atom. The second-order valence-corrected chi connectivity index (χ2v) is 3.20. The molecule has 0 aliphatic carbocycles. The molecule has 0 heterocycles. The summed E-state index contributed by atoms with van der Waals surface area (Å²) in [6, 6.07) is 9.96. The highest BCUT2D eigenvalue weighted by atomic mass is 16.5. The summed E-state index contributed by atoms with van der Waals surface area (Å²) in [7, 11) is 0. The summed E-state index contributed by atoms with van der Waals surface area (Å²) in [5.74, 6) is 0.880. The van der Waals surface area contributed by atoms with Crippen LogP contribution in [0.15, 0.2) is 30.3 Å². The average Bonchev–Trinajstić information content (AvgIpc) is 2.37. The largest absolute Gasteiger partial charge is 0.492 e. The SMILES string of the molecule is CC.CC(COc1ccccc1)NCCO. The van der Waals surface area contributed by atoms with Gasteiger partial charge >= 0.3 is 0 Å². The Kier molecular flexibility index (Phi) is 9.76. The van der Waals surface area contributed by atoms with Crippen LogP contribution in [0.5, 0.6) is 5.75 Å². The van der Waals surface area contributed by atoms with Gasteiger partial charge in [-0.2, -0.15) is 0 Å². The number of nitrogens with one attached hydrogen (secondary N) is 1. The fourth-order valence-corrected chi connectivity index (χ4v) is 1.11. The zero-order valence-electron chi connectivity index (χ0n) is 10.4. The Labute approximate surface area is 98.4 Å². The first-order valence-corrected chi connectivity index (χ1v) is 5.85. The maximum atomic E-state index is 8.60. The smallest absolute Gasteiger partial charge is 0.119 e. The lowest BCUT2D eigenvalue weighted by atomic mass is 10.3. The van der Waals surface area contributed by atoms with Crippen LogP contribution in [0.2, 0.25) is 0 Å². The van der Waals surface area contributed by atoms with Crippen molar-refractivity contribution in [1.29, 1.82) is 0 Å². The van der Waals surface area contributed by atoms with Crippen LogP contribution in [0.3, 0.4) is 0 Å². The molecule has 0 saturated heterocycles. The van der Waals surface area contributed by atoms with Crippen LogP contribution in [0, 0.1) is 0 Å². The van der Waals surface area contributed by atoms with Gasteiger partial charge in [0.2, 0.25) is 0 Å². The molecule has 0 spiro atoms. The number of para-hydroxylation sites is 1. The van der Waals surface area contributed by atoms with E-state index in [0.29, 0.717) is 13.2 Å². The summed E-state index contributed by atoms with van der Waals surface area (Å²) < 4.78 is 5.52. The second kappa shape index (κ2) is 10.5. The monoisotopic (exact) mass is 225 g/mol. The zero-order valence-corrected chi connectivity index (χ0v) is 10.4. The third-order valence-electron chi connectivity index (χ3n) is 1.85. The molecule has 0 aliphatic rings. The molecule has 3 nitrogen and oxygen atoms in total. The molecule has 1 rings (SSSR count). The van der Waals surface area contributed by atoms with Crippen molar-refractivity contribution in [1.82, 2.24) is 5.32 Å². The molecule has 2 N–H and O–H groups in total. The number of hydrogen-bond donors (Lipinski definition) is 2. The minimum Gasteiger partial charge on any atom is -0.492 e.